The summed E-state index contributed by atoms with van der Waals surface area (Å²) in [4.78, 5) is 34.1. The van der Waals surface area contributed by atoms with Gasteiger partial charge in [-0.1, -0.05) is 24.6 Å². The summed E-state index contributed by atoms with van der Waals surface area (Å²) < 4.78 is 47.6. The summed E-state index contributed by atoms with van der Waals surface area (Å²) in [5.41, 5.74) is 0.835. The minimum absolute atomic E-state index is 0.0499. The van der Waals surface area contributed by atoms with Gasteiger partial charge in [0.15, 0.2) is 5.82 Å². The molecule has 2 atom stereocenters. The Morgan fingerprint density at radius 3 is 2.78 bits per heavy atom. The Hall–Kier alpha value is -3.42. The zero-order valence-electron chi connectivity index (χ0n) is 22.3. The number of halogens is 4. The summed E-state index contributed by atoms with van der Waals surface area (Å²) >= 11 is 6.09. The highest BCUT2D eigenvalue weighted by Crippen LogP contribution is 2.35. The van der Waals surface area contributed by atoms with Gasteiger partial charge in [-0.15, -0.1) is 5.10 Å². The van der Waals surface area contributed by atoms with Crippen molar-refractivity contribution in [1.82, 2.24) is 24.5 Å². The van der Waals surface area contributed by atoms with E-state index in [4.69, 9.17) is 16.3 Å². The molecule has 0 bridgehead atoms. The lowest BCUT2D eigenvalue weighted by atomic mass is 9.83. The van der Waals surface area contributed by atoms with Gasteiger partial charge in [-0.25, -0.2) is 0 Å². The van der Waals surface area contributed by atoms with E-state index in [1.54, 1.807) is 4.57 Å². The number of nitrogens with one attached hydrogen (secondary N) is 2. The van der Waals surface area contributed by atoms with Gasteiger partial charge in [-0.2, -0.15) is 22.7 Å². The molecule has 0 unspecified atom stereocenters. The molecule has 2 fully saturated rings. The second-order valence-electron chi connectivity index (χ2n) is 10.4. The molecule has 41 heavy (non-hydrogen) atoms. The molecule has 1 saturated heterocycles. The van der Waals surface area contributed by atoms with E-state index in [9.17, 15) is 22.8 Å². The first-order chi connectivity index (χ1) is 19.7. The topological polar surface area (TPSA) is 106 Å². The van der Waals surface area contributed by atoms with Crippen LogP contribution in [0, 0.1) is 0 Å². The number of hydrogen-bond acceptors (Lipinski definition) is 7. The van der Waals surface area contributed by atoms with E-state index in [0.717, 1.165) is 43.2 Å². The lowest BCUT2D eigenvalue weighted by Crippen LogP contribution is -2.64. The fourth-order valence-electron chi connectivity index (χ4n) is 5.80. The number of anilines is 2. The Balaban J connectivity index is 1.42. The monoisotopic (exact) mass is 591 g/mol. The molecule has 3 aliphatic rings. The number of benzene rings is 1. The van der Waals surface area contributed by atoms with E-state index in [0.29, 0.717) is 55.8 Å². The largest absolute Gasteiger partial charge is 0.416 e. The van der Waals surface area contributed by atoms with Crippen molar-refractivity contribution in [2.75, 3.05) is 36.5 Å². The van der Waals surface area contributed by atoms with Crippen molar-refractivity contribution >= 4 is 40.2 Å². The lowest BCUT2D eigenvalue weighted by Gasteiger charge is -2.50. The van der Waals surface area contributed by atoms with Gasteiger partial charge in [0, 0.05) is 25.2 Å². The van der Waals surface area contributed by atoms with Crippen LogP contribution in [-0.4, -0.2) is 63.5 Å². The van der Waals surface area contributed by atoms with Gasteiger partial charge in [0.1, 0.15) is 12.2 Å². The smallest absolute Gasteiger partial charge is 0.377 e. The number of rotatable bonds is 6. The van der Waals surface area contributed by atoms with Crippen LogP contribution in [0.3, 0.4) is 0 Å². The van der Waals surface area contributed by atoms with Crippen molar-refractivity contribution in [1.29, 1.82) is 0 Å². The molecule has 4 heterocycles. The fourth-order valence-corrected chi connectivity index (χ4v) is 6.03. The summed E-state index contributed by atoms with van der Waals surface area (Å²) in [7, 11) is 0. The molecule has 0 radical (unpaired) electrons. The highest BCUT2D eigenvalue weighted by atomic mass is 35.5. The Morgan fingerprint density at radius 1 is 1.29 bits per heavy atom. The van der Waals surface area contributed by atoms with Gasteiger partial charge in [0.25, 0.3) is 5.56 Å². The molecular formula is C27H29ClF3N7O3. The average Bonchev–Trinajstić information content (AvgIpc) is 3.38. The third-order valence-electron chi connectivity index (χ3n) is 7.97. The molecule has 1 aliphatic carbocycles. The Bertz CT molecular complexity index is 1600. The Morgan fingerprint density at radius 2 is 2.12 bits per heavy atom. The zero-order chi connectivity index (χ0) is 28.9. The van der Waals surface area contributed by atoms with Crippen molar-refractivity contribution in [3.63, 3.8) is 0 Å². The molecule has 2 N–H and O–H groups in total. The number of fused-ring (bicyclic) bond motifs is 2. The molecule has 1 saturated carbocycles. The molecule has 0 spiro atoms. The van der Waals surface area contributed by atoms with Crippen molar-refractivity contribution in [3.05, 3.63) is 56.7 Å². The first kappa shape index (κ1) is 27.7. The van der Waals surface area contributed by atoms with Gasteiger partial charge in [-0.05, 0) is 49.5 Å². The lowest BCUT2D eigenvalue weighted by molar-refractivity contribution is -0.137. The predicted octanol–water partition coefficient (Wildman–Crippen LogP) is 3.51. The number of nitrogens with zero attached hydrogens (tertiary/aromatic N) is 5. The quantitative estimate of drug-likeness (QED) is 0.452. The maximum Gasteiger partial charge on any atom is 0.416 e. The Kier molecular flexibility index (Phi) is 7.28. The summed E-state index contributed by atoms with van der Waals surface area (Å²) in [5.74, 6) is 0.0767. The van der Waals surface area contributed by atoms with Crippen molar-refractivity contribution in [2.45, 2.75) is 57.4 Å². The number of piperazine rings is 1. The van der Waals surface area contributed by atoms with Crippen LogP contribution in [0.2, 0.25) is 5.02 Å². The number of aromatic nitrogens is 4. The minimum Gasteiger partial charge on any atom is -0.377 e. The number of hydrogen-bond donors (Lipinski definition) is 2. The van der Waals surface area contributed by atoms with Gasteiger partial charge < -0.3 is 24.8 Å². The maximum atomic E-state index is 14.0. The van der Waals surface area contributed by atoms with Crippen LogP contribution in [-0.2, 0) is 28.7 Å². The third-order valence-corrected chi connectivity index (χ3v) is 8.28. The van der Waals surface area contributed by atoms with Crippen LogP contribution in [0.25, 0.3) is 11.4 Å². The van der Waals surface area contributed by atoms with E-state index in [1.807, 2.05) is 13.0 Å². The average molecular weight is 592 g/mol. The molecule has 6 rings (SSSR count). The van der Waals surface area contributed by atoms with E-state index >= 15 is 0 Å². The van der Waals surface area contributed by atoms with E-state index < -0.39 is 17.6 Å². The highest BCUT2D eigenvalue weighted by Gasteiger charge is 2.41. The molecule has 3 aromatic rings. The highest BCUT2D eigenvalue weighted by molar-refractivity contribution is 6.33. The normalized spacial score (nSPS) is 20.9. The summed E-state index contributed by atoms with van der Waals surface area (Å²) in [6.45, 7) is 3.95. The number of carbonyl (C=O) groups is 1. The van der Waals surface area contributed by atoms with Gasteiger partial charge in [0.05, 0.1) is 35.2 Å². The number of carbonyl (C=O) groups excluding carboxylic acids is 1. The summed E-state index contributed by atoms with van der Waals surface area (Å²) in [6, 6.07) is 3.21. The number of ether oxygens (including phenoxy) is 1. The van der Waals surface area contributed by atoms with Crippen LogP contribution in [0.4, 0.5) is 24.5 Å². The second-order valence-corrected chi connectivity index (χ2v) is 10.8. The van der Waals surface area contributed by atoms with Crippen molar-refractivity contribution in [2.24, 2.45) is 0 Å². The first-order valence-corrected chi connectivity index (χ1v) is 14.0. The Labute approximate surface area is 238 Å². The molecular weight excluding hydrogens is 563 g/mol. The zero-order valence-corrected chi connectivity index (χ0v) is 23.1. The third kappa shape index (κ3) is 5.10. The van der Waals surface area contributed by atoms with Gasteiger partial charge in [-0.3, -0.25) is 9.59 Å². The number of amides is 1. The van der Waals surface area contributed by atoms with Crippen LogP contribution in [0.1, 0.15) is 43.3 Å². The van der Waals surface area contributed by atoms with Crippen LogP contribution in [0.5, 0.6) is 0 Å². The standard InChI is InChI=1S/C27H29ClF3N7O3/c1-2-20-23(36-10-9-32-19-5-6-21(19)36)25(40)38-26(34-24(35-38)15-7-11-41-12-8-15)37(20)14-22(39)33-18-4-3-16(13-17(18)28)27(29,30)31/h3-4,7,13,19,21,32H,2,5-6,8-12,14H2,1H3,(H,33,39)/t19-,21+/m1/s1. The second kappa shape index (κ2) is 10.8. The van der Waals surface area contributed by atoms with Crippen LogP contribution in [0.15, 0.2) is 29.1 Å². The maximum absolute atomic E-state index is 14.0. The summed E-state index contributed by atoms with van der Waals surface area (Å²) in [5, 5.41) is 10.5. The van der Waals surface area contributed by atoms with E-state index in [-0.39, 0.29) is 34.6 Å². The van der Waals surface area contributed by atoms with Gasteiger partial charge >= 0.3 is 6.18 Å². The van der Waals surface area contributed by atoms with E-state index in [2.05, 4.69) is 25.6 Å². The van der Waals surface area contributed by atoms with Crippen molar-refractivity contribution in [3.8, 4) is 0 Å². The molecule has 1 aromatic carbocycles. The molecule has 14 heteroatoms. The van der Waals surface area contributed by atoms with Crippen LogP contribution >= 0.6 is 11.6 Å². The minimum atomic E-state index is -4.56. The fraction of sp³-hybridized carbons (Fsp3) is 0.481. The molecule has 2 aliphatic heterocycles. The summed E-state index contributed by atoms with van der Waals surface area (Å²) in [6.07, 6.45) is 0.320. The molecule has 218 valence electrons. The molecule has 10 nitrogen and oxygen atoms in total. The first-order valence-electron chi connectivity index (χ1n) is 13.6. The van der Waals surface area contributed by atoms with Crippen LogP contribution < -0.4 is 21.1 Å². The van der Waals surface area contributed by atoms with Crippen molar-refractivity contribution < 1.29 is 22.7 Å². The van der Waals surface area contributed by atoms with E-state index in [1.165, 1.54) is 4.52 Å². The number of alkyl halides is 3. The SMILES string of the molecule is CCc1c(N2CCN[C@@H]3CC[C@@H]32)c(=O)n2nc(C3=CCOCC3)nc2n1CC(=O)Nc1ccc(C(F)(F)F)cc1Cl. The molecule has 2 aromatic heterocycles. The van der Waals surface area contributed by atoms with Gasteiger partial charge in [0.2, 0.25) is 11.7 Å². The molecule has 1 amide bonds. The predicted molar refractivity (Wildman–Crippen MR) is 147 cm³/mol.